The summed E-state index contributed by atoms with van der Waals surface area (Å²) in [6.45, 7) is 6.96. The highest BCUT2D eigenvalue weighted by molar-refractivity contribution is 5.76. The van der Waals surface area contributed by atoms with Gasteiger partial charge in [-0.05, 0) is 38.2 Å². The van der Waals surface area contributed by atoms with E-state index in [2.05, 4.69) is 43.4 Å². The summed E-state index contributed by atoms with van der Waals surface area (Å²) in [6, 6.07) is 9.02. The fourth-order valence-corrected chi connectivity index (χ4v) is 2.95. The Morgan fingerprint density at radius 3 is 2.48 bits per heavy atom. The minimum atomic E-state index is 0.306. The van der Waals surface area contributed by atoms with Crippen LogP contribution < -0.4 is 5.32 Å². The van der Waals surface area contributed by atoms with Gasteiger partial charge in [0.25, 0.3) is 0 Å². The van der Waals surface area contributed by atoms with Crippen molar-refractivity contribution in [2.45, 2.75) is 52.0 Å². The van der Waals surface area contributed by atoms with Crippen LogP contribution >= 0.6 is 0 Å². The van der Waals surface area contributed by atoms with Crippen molar-refractivity contribution < 1.29 is 4.79 Å². The number of carbonyl (C=O) groups excluding carboxylic acids is 1. The van der Waals surface area contributed by atoms with E-state index in [1.54, 1.807) is 0 Å². The molecular weight excluding hydrogens is 260 g/mol. The molecule has 1 aromatic carbocycles. The van der Waals surface area contributed by atoms with Crippen LogP contribution in [0.3, 0.4) is 0 Å². The lowest BCUT2D eigenvalue weighted by Gasteiger charge is -2.27. The number of aryl methyl sites for hydroxylation is 1. The number of likely N-dealkylation sites (tertiary alicyclic amines) is 1. The van der Waals surface area contributed by atoms with Gasteiger partial charge in [-0.25, -0.2) is 0 Å². The Morgan fingerprint density at radius 1 is 1.19 bits per heavy atom. The van der Waals surface area contributed by atoms with Crippen molar-refractivity contribution in [1.82, 2.24) is 10.2 Å². The van der Waals surface area contributed by atoms with Gasteiger partial charge in [-0.2, -0.15) is 0 Å². The Balaban J connectivity index is 1.77. The lowest BCUT2D eigenvalue weighted by atomic mass is 10.0. The molecule has 0 radical (unpaired) electrons. The van der Waals surface area contributed by atoms with Gasteiger partial charge in [0.05, 0.1) is 0 Å². The van der Waals surface area contributed by atoms with Crippen LogP contribution in [0.4, 0.5) is 0 Å². The van der Waals surface area contributed by atoms with Gasteiger partial charge < -0.3 is 10.2 Å². The van der Waals surface area contributed by atoms with E-state index in [1.165, 1.54) is 30.4 Å². The molecule has 1 aliphatic heterocycles. The van der Waals surface area contributed by atoms with E-state index in [0.29, 0.717) is 18.4 Å². The van der Waals surface area contributed by atoms with Crippen molar-refractivity contribution in [1.29, 1.82) is 0 Å². The largest absolute Gasteiger partial charge is 0.343 e. The smallest absolute Gasteiger partial charge is 0.223 e. The number of nitrogens with zero attached hydrogens (tertiary/aromatic N) is 1. The average molecular weight is 288 g/mol. The topological polar surface area (TPSA) is 32.3 Å². The number of rotatable bonds is 6. The summed E-state index contributed by atoms with van der Waals surface area (Å²) in [5.74, 6) is 0.306. The van der Waals surface area contributed by atoms with Crippen molar-refractivity contribution in [2.24, 2.45) is 0 Å². The summed E-state index contributed by atoms with van der Waals surface area (Å²) in [5, 5.41) is 3.53. The summed E-state index contributed by atoms with van der Waals surface area (Å²) in [6.07, 6.45) is 5.26. The summed E-state index contributed by atoms with van der Waals surface area (Å²) in [4.78, 5) is 14.2. The van der Waals surface area contributed by atoms with Gasteiger partial charge in [0.15, 0.2) is 0 Å². The standard InChI is InChI=1S/C18H28N2O/c1-3-17(16-9-7-15(2)8-10-16)19-12-11-18(21)20-13-5-4-6-14-20/h7-10,17,19H,3-6,11-14H2,1-2H3. The van der Waals surface area contributed by atoms with Crippen LogP contribution in [-0.2, 0) is 4.79 Å². The van der Waals surface area contributed by atoms with Gasteiger partial charge in [0.2, 0.25) is 5.91 Å². The van der Waals surface area contributed by atoms with Crippen LogP contribution in [0, 0.1) is 6.92 Å². The molecule has 1 aliphatic rings. The zero-order chi connectivity index (χ0) is 15.1. The fraction of sp³-hybridized carbons (Fsp3) is 0.611. The molecule has 116 valence electrons. The van der Waals surface area contributed by atoms with Gasteiger partial charge in [-0.15, -0.1) is 0 Å². The molecule has 0 aromatic heterocycles. The molecule has 1 unspecified atom stereocenters. The van der Waals surface area contributed by atoms with Crippen LogP contribution in [0.1, 0.15) is 56.2 Å². The first-order valence-corrected chi connectivity index (χ1v) is 8.28. The summed E-state index contributed by atoms with van der Waals surface area (Å²) >= 11 is 0. The van der Waals surface area contributed by atoms with E-state index in [4.69, 9.17) is 0 Å². The predicted octanol–water partition coefficient (Wildman–Crippen LogP) is 3.44. The highest BCUT2D eigenvalue weighted by Gasteiger charge is 2.16. The number of amides is 1. The molecule has 3 nitrogen and oxygen atoms in total. The second kappa shape index (κ2) is 8.18. The van der Waals surface area contributed by atoms with E-state index in [9.17, 15) is 4.79 Å². The summed E-state index contributed by atoms with van der Waals surface area (Å²) in [5.41, 5.74) is 2.60. The Morgan fingerprint density at radius 2 is 1.86 bits per heavy atom. The molecular formula is C18H28N2O. The Hall–Kier alpha value is -1.35. The Kier molecular flexibility index (Phi) is 6.24. The Bertz CT molecular complexity index is 435. The zero-order valence-corrected chi connectivity index (χ0v) is 13.4. The lowest BCUT2D eigenvalue weighted by molar-refractivity contribution is -0.132. The van der Waals surface area contributed by atoms with Gasteiger partial charge in [-0.1, -0.05) is 36.8 Å². The number of nitrogens with one attached hydrogen (secondary N) is 1. The predicted molar refractivity (Wildman–Crippen MR) is 87.3 cm³/mol. The van der Waals surface area contributed by atoms with Crippen molar-refractivity contribution in [3.63, 3.8) is 0 Å². The maximum atomic E-state index is 12.1. The molecule has 21 heavy (non-hydrogen) atoms. The van der Waals surface area contributed by atoms with Crippen LogP contribution in [0.15, 0.2) is 24.3 Å². The van der Waals surface area contributed by atoms with E-state index in [1.807, 2.05) is 4.90 Å². The highest BCUT2D eigenvalue weighted by Crippen LogP contribution is 2.17. The van der Waals surface area contributed by atoms with E-state index < -0.39 is 0 Å². The quantitative estimate of drug-likeness (QED) is 0.869. The molecule has 0 spiro atoms. The molecule has 1 atom stereocenters. The lowest BCUT2D eigenvalue weighted by Crippen LogP contribution is -2.37. The van der Waals surface area contributed by atoms with Gasteiger partial charge in [0.1, 0.15) is 0 Å². The van der Waals surface area contributed by atoms with Crippen molar-refractivity contribution >= 4 is 5.91 Å². The van der Waals surface area contributed by atoms with Crippen molar-refractivity contribution in [3.05, 3.63) is 35.4 Å². The van der Waals surface area contributed by atoms with Gasteiger partial charge in [-0.3, -0.25) is 4.79 Å². The first-order chi connectivity index (χ1) is 10.2. The first kappa shape index (κ1) is 16.0. The molecule has 0 saturated carbocycles. The number of piperidine rings is 1. The SMILES string of the molecule is CCC(NCCC(=O)N1CCCCC1)c1ccc(C)cc1. The zero-order valence-electron chi connectivity index (χ0n) is 13.4. The second-order valence-corrected chi connectivity index (χ2v) is 6.02. The molecule has 0 bridgehead atoms. The van der Waals surface area contributed by atoms with E-state index in [0.717, 1.165) is 26.1 Å². The molecule has 0 aliphatic carbocycles. The monoisotopic (exact) mass is 288 g/mol. The molecule has 1 N–H and O–H groups in total. The second-order valence-electron chi connectivity index (χ2n) is 6.02. The van der Waals surface area contributed by atoms with E-state index >= 15 is 0 Å². The molecule has 3 heteroatoms. The minimum absolute atomic E-state index is 0.306. The molecule has 1 amide bonds. The summed E-state index contributed by atoms with van der Waals surface area (Å²) in [7, 11) is 0. The number of carbonyl (C=O) groups is 1. The van der Waals surface area contributed by atoms with Gasteiger partial charge in [0, 0.05) is 32.1 Å². The van der Waals surface area contributed by atoms with E-state index in [-0.39, 0.29) is 0 Å². The molecule has 1 saturated heterocycles. The van der Waals surface area contributed by atoms with Crippen molar-refractivity contribution in [2.75, 3.05) is 19.6 Å². The third kappa shape index (κ3) is 4.85. The van der Waals surface area contributed by atoms with Crippen LogP contribution in [-0.4, -0.2) is 30.4 Å². The summed E-state index contributed by atoms with van der Waals surface area (Å²) < 4.78 is 0. The normalized spacial score (nSPS) is 16.8. The minimum Gasteiger partial charge on any atom is -0.343 e. The fourth-order valence-electron chi connectivity index (χ4n) is 2.95. The molecule has 1 fully saturated rings. The highest BCUT2D eigenvalue weighted by atomic mass is 16.2. The Labute approximate surface area is 128 Å². The first-order valence-electron chi connectivity index (χ1n) is 8.28. The average Bonchev–Trinajstić information content (AvgIpc) is 2.53. The third-order valence-corrected chi connectivity index (χ3v) is 4.33. The molecule has 1 heterocycles. The molecule has 1 aromatic rings. The van der Waals surface area contributed by atoms with Crippen LogP contribution in [0.5, 0.6) is 0 Å². The van der Waals surface area contributed by atoms with Gasteiger partial charge >= 0.3 is 0 Å². The van der Waals surface area contributed by atoms with Crippen LogP contribution in [0.25, 0.3) is 0 Å². The number of hydrogen-bond acceptors (Lipinski definition) is 2. The molecule has 2 rings (SSSR count). The number of benzene rings is 1. The van der Waals surface area contributed by atoms with Crippen LogP contribution in [0.2, 0.25) is 0 Å². The number of hydrogen-bond donors (Lipinski definition) is 1. The van der Waals surface area contributed by atoms with Crippen molar-refractivity contribution in [3.8, 4) is 0 Å². The third-order valence-electron chi connectivity index (χ3n) is 4.33. The maximum absolute atomic E-state index is 12.1. The maximum Gasteiger partial charge on any atom is 0.223 e.